The van der Waals surface area contributed by atoms with Gasteiger partial charge in [0.2, 0.25) is 5.91 Å². The van der Waals surface area contributed by atoms with Crippen molar-refractivity contribution >= 4 is 27.7 Å². The Morgan fingerprint density at radius 3 is 2.64 bits per heavy atom. The molecule has 4 heteroatoms. The van der Waals surface area contributed by atoms with Crippen LogP contribution in [0, 0.1) is 5.92 Å². The number of carbonyl (C=O) groups excluding carboxylic acids is 1. The van der Waals surface area contributed by atoms with E-state index in [0.29, 0.717) is 5.82 Å². The normalized spacial score (nSPS) is 10.4. The molecular weight excluding hydrogens is 244 g/mol. The molecule has 14 heavy (non-hydrogen) atoms. The van der Waals surface area contributed by atoms with Crippen molar-refractivity contribution in [1.82, 2.24) is 4.98 Å². The molecule has 0 spiro atoms. The second-order valence-corrected chi connectivity index (χ2v) is 4.18. The Kier molecular flexibility index (Phi) is 3.63. The summed E-state index contributed by atoms with van der Waals surface area (Å²) in [6, 6.07) is 5.50. The van der Waals surface area contributed by atoms with Gasteiger partial charge in [-0.3, -0.25) is 9.69 Å². The molecule has 0 saturated carbocycles. The molecule has 0 radical (unpaired) electrons. The third-order valence-corrected chi connectivity index (χ3v) is 2.31. The number of aromatic nitrogens is 1. The van der Waals surface area contributed by atoms with Gasteiger partial charge in [-0.25, -0.2) is 4.98 Å². The van der Waals surface area contributed by atoms with Gasteiger partial charge in [-0.15, -0.1) is 0 Å². The lowest BCUT2D eigenvalue weighted by Crippen LogP contribution is -2.30. The smallest absolute Gasteiger partial charge is 0.230 e. The van der Waals surface area contributed by atoms with E-state index < -0.39 is 0 Å². The van der Waals surface area contributed by atoms with Gasteiger partial charge < -0.3 is 0 Å². The molecule has 1 rings (SSSR count). The number of halogens is 1. The van der Waals surface area contributed by atoms with Crippen LogP contribution in [-0.4, -0.2) is 17.9 Å². The quantitative estimate of drug-likeness (QED) is 0.762. The fraction of sp³-hybridized carbons (Fsp3) is 0.400. The summed E-state index contributed by atoms with van der Waals surface area (Å²) in [6.45, 7) is 3.74. The number of hydrogen-bond donors (Lipinski definition) is 0. The molecular formula is C10H13BrN2O. The summed E-state index contributed by atoms with van der Waals surface area (Å²) in [5.74, 6) is 0.717. The lowest BCUT2D eigenvalue weighted by molar-refractivity contribution is -0.121. The van der Waals surface area contributed by atoms with E-state index in [2.05, 4.69) is 20.9 Å². The van der Waals surface area contributed by atoms with Gasteiger partial charge in [0.15, 0.2) is 0 Å². The lowest BCUT2D eigenvalue weighted by atomic mass is 10.2. The largest absolute Gasteiger partial charge is 0.300 e. The molecule has 0 fully saturated rings. The Bertz CT molecular complexity index is 339. The molecule has 0 N–H and O–H groups in total. The standard InChI is InChI=1S/C10H13BrN2O/c1-7(2)10(14)13(3)9-6-4-5-8(11)12-9/h4-7H,1-3H3. The number of anilines is 1. The maximum Gasteiger partial charge on any atom is 0.230 e. The summed E-state index contributed by atoms with van der Waals surface area (Å²) in [5, 5.41) is 0. The Morgan fingerprint density at radius 2 is 2.14 bits per heavy atom. The number of rotatable bonds is 2. The molecule has 76 valence electrons. The van der Waals surface area contributed by atoms with Crippen LogP contribution in [0.1, 0.15) is 13.8 Å². The average molecular weight is 257 g/mol. The number of carbonyl (C=O) groups is 1. The topological polar surface area (TPSA) is 33.2 Å². The van der Waals surface area contributed by atoms with Crippen molar-refractivity contribution in [2.24, 2.45) is 5.92 Å². The molecule has 0 unspecified atom stereocenters. The van der Waals surface area contributed by atoms with Crippen molar-refractivity contribution in [3.63, 3.8) is 0 Å². The van der Waals surface area contributed by atoms with Crippen molar-refractivity contribution in [3.8, 4) is 0 Å². The van der Waals surface area contributed by atoms with E-state index in [1.807, 2.05) is 32.0 Å². The average Bonchev–Trinajstić information content (AvgIpc) is 2.15. The summed E-state index contributed by atoms with van der Waals surface area (Å²) in [7, 11) is 1.73. The molecule has 0 bridgehead atoms. The van der Waals surface area contributed by atoms with Gasteiger partial charge in [-0.2, -0.15) is 0 Å². The minimum Gasteiger partial charge on any atom is -0.300 e. The van der Waals surface area contributed by atoms with Gasteiger partial charge in [0.1, 0.15) is 10.4 Å². The predicted molar refractivity (Wildman–Crippen MR) is 60.2 cm³/mol. The second kappa shape index (κ2) is 4.55. The summed E-state index contributed by atoms with van der Waals surface area (Å²) in [6.07, 6.45) is 0. The lowest BCUT2D eigenvalue weighted by Gasteiger charge is -2.18. The van der Waals surface area contributed by atoms with Gasteiger partial charge in [-0.05, 0) is 28.1 Å². The monoisotopic (exact) mass is 256 g/mol. The Balaban J connectivity index is 2.89. The molecule has 0 aliphatic rings. The first-order chi connectivity index (χ1) is 6.52. The Hall–Kier alpha value is -0.900. The molecule has 1 aromatic rings. The summed E-state index contributed by atoms with van der Waals surface area (Å²) in [5.41, 5.74) is 0. The Morgan fingerprint density at radius 1 is 1.50 bits per heavy atom. The van der Waals surface area contributed by atoms with E-state index in [-0.39, 0.29) is 11.8 Å². The minimum atomic E-state index is -0.0132. The van der Waals surface area contributed by atoms with Crippen molar-refractivity contribution in [2.75, 3.05) is 11.9 Å². The van der Waals surface area contributed by atoms with Crippen LogP contribution in [0.15, 0.2) is 22.8 Å². The van der Waals surface area contributed by atoms with Crippen LogP contribution in [0.25, 0.3) is 0 Å². The highest BCUT2D eigenvalue weighted by Gasteiger charge is 2.15. The molecule has 0 aliphatic carbocycles. The van der Waals surface area contributed by atoms with Crippen molar-refractivity contribution in [2.45, 2.75) is 13.8 Å². The van der Waals surface area contributed by atoms with E-state index in [1.54, 1.807) is 11.9 Å². The third-order valence-electron chi connectivity index (χ3n) is 1.87. The summed E-state index contributed by atoms with van der Waals surface area (Å²) >= 11 is 3.27. The van der Waals surface area contributed by atoms with E-state index in [0.717, 1.165) is 4.60 Å². The third kappa shape index (κ3) is 2.54. The molecule has 1 heterocycles. The zero-order chi connectivity index (χ0) is 10.7. The van der Waals surface area contributed by atoms with E-state index in [4.69, 9.17) is 0 Å². The van der Waals surface area contributed by atoms with Gasteiger partial charge in [-0.1, -0.05) is 19.9 Å². The van der Waals surface area contributed by atoms with Crippen molar-refractivity contribution < 1.29 is 4.79 Å². The maximum atomic E-state index is 11.6. The SMILES string of the molecule is CC(C)C(=O)N(C)c1cccc(Br)n1. The van der Waals surface area contributed by atoms with Gasteiger partial charge in [0, 0.05) is 13.0 Å². The second-order valence-electron chi connectivity index (χ2n) is 3.37. The summed E-state index contributed by atoms with van der Waals surface area (Å²) < 4.78 is 0.735. The number of pyridine rings is 1. The van der Waals surface area contributed by atoms with Gasteiger partial charge >= 0.3 is 0 Å². The Labute approximate surface area is 92.3 Å². The van der Waals surface area contributed by atoms with Crippen LogP contribution in [0.3, 0.4) is 0 Å². The van der Waals surface area contributed by atoms with E-state index in [9.17, 15) is 4.79 Å². The minimum absolute atomic E-state index is 0.0132. The molecule has 1 aromatic heterocycles. The molecule has 0 aromatic carbocycles. The molecule has 0 atom stereocenters. The fourth-order valence-electron chi connectivity index (χ4n) is 1.08. The predicted octanol–water partition coefficient (Wildman–Crippen LogP) is 2.46. The van der Waals surface area contributed by atoms with Crippen LogP contribution in [0.2, 0.25) is 0 Å². The highest BCUT2D eigenvalue weighted by molar-refractivity contribution is 9.10. The molecule has 0 saturated heterocycles. The molecule has 1 amide bonds. The van der Waals surface area contributed by atoms with Crippen LogP contribution in [-0.2, 0) is 4.79 Å². The number of amides is 1. The number of hydrogen-bond acceptors (Lipinski definition) is 2. The van der Waals surface area contributed by atoms with Gasteiger partial charge in [0.05, 0.1) is 0 Å². The highest BCUT2D eigenvalue weighted by Crippen LogP contribution is 2.15. The first-order valence-electron chi connectivity index (χ1n) is 4.42. The van der Waals surface area contributed by atoms with Crippen molar-refractivity contribution in [1.29, 1.82) is 0 Å². The molecule has 0 aliphatic heterocycles. The first-order valence-corrected chi connectivity index (χ1v) is 5.22. The van der Waals surface area contributed by atoms with E-state index >= 15 is 0 Å². The first kappa shape index (κ1) is 11.2. The van der Waals surface area contributed by atoms with Crippen LogP contribution >= 0.6 is 15.9 Å². The zero-order valence-corrected chi connectivity index (χ0v) is 10.1. The van der Waals surface area contributed by atoms with Crippen LogP contribution < -0.4 is 4.90 Å². The summed E-state index contributed by atoms with van der Waals surface area (Å²) in [4.78, 5) is 17.4. The zero-order valence-electron chi connectivity index (χ0n) is 8.49. The highest BCUT2D eigenvalue weighted by atomic mass is 79.9. The van der Waals surface area contributed by atoms with Gasteiger partial charge in [0.25, 0.3) is 0 Å². The van der Waals surface area contributed by atoms with Crippen LogP contribution in [0.4, 0.5) is 5.82 Å². The fourth-order valence-corrected chi connectivity index (χ4v) is 1.42. The van der Waals surface area contributed by atoms with Crippen LogP contribution in [0.5, 0.6) is 0 Å². The maximum absolute atomic E-state index is 11.6. The molecule has 3 nitrogen and oxygen atoms in total. The van der Waals surface area contributed by atoms with Crippen molar-refractivity contribution in [3.05, 3.63) is 22.8 Å². The van der Waals surface area contributed by atoms with E-state index in [1.165, 1.54) is 0 Å². The number of nitrogens with zero attached hydrogens (tertiary/aromatic N) is 2.